The molecule has 3 aliphatic rings. The number of nitrogens with zero attached hydrogens (tertiary/aromatic N) is 1. The zero-order chi connectivity index (χ0) is 18.9. The summed E-state index contributed by atoms with van der Waals surface area (Å²) < 4.78 is 6.29. The highest BCUT2D eigenvalue weighted by molar-refractivity contribution is 5.75. The third-order valence-electron chi connectivity index (χ3n) is 6.46. The van der Waals surface area contributed by atoms with Gasteiger partial charge in [-0.3, -0.25) is 14.5 Å². The van der Waals surface area contributed by atoms with Gasteiger partial charge in [0.05, 0.1) is 18.2 Å². The summed E-state index contributed by atoms with van der Waals surface area (Å²) >= 11 is 0. The molecule has 1 spiro atoms. The van der Waals surface area contributed by atoms with E-state index in [4.69, 9.17) is 9.84 Å². The van der Waals surface area contributed by atoms with Gasteiger partial charge >= 0.3 is 5.97 Å². The quantitative estimate of drug-likeness (QED) is 0.726. The summed E-state index contributed by atoms with van der Waals surface area (Å²) in [5.74, 6) is -0.0526. The molecular formula is C21H28N2O4. The van der Waals surface area contributed by atoms with E-state index in [0.717, 1.165) is 32.2 Å². The Morgan fingerprint density at radius 3 is 2.89 bits per heavy atom. The lowest BCUT2D eigenvalue weighted by molar-refractivity contribution is -0.138. The van der Waals surface area contributed by atoms with Crippen LogP contribution >= 0.6 is 0 Å². The van der Waals surface area contributed by atoms with E-state index < -0.39 is 5.97 Å². The van der Waals surface area contributed by atoms with Crippen molar-refractivity contribution >= 4 is 11.9 Å². The van der Waals surface area contributed by atoms with Gasteiger partial charge in [-0.15, -0.1) is 0 Å². The number of ether oxygens (including phenoxy) is 1. The number of carboxylic acids is 1. The molecule has 6 heteroatoms. The van der Waals surface area contributed by atoms with E-state index in [9.17, 15) is 9.59 Å². The van der Waals surface area contributed by atoms with Crippen LogP contribution < -0.4 is 5.32 Å². The van der Waals surface area contributed by atoms with Crippen LogP contribution in [0.15, 0.2) is 30.3 Å². The molecule has 0 saturated carbocycles. The molecule has 146 valence electrons. The van der Waals surface area contributed by atoms with Crippen molar-refractivity contribution in [3.63, 3.8) is 0 Å². The Kier molecular flexibility index (Phi) is 5.19. The average Bonchev–Trinajstić information content (AvgIpc) is 3.28. The minimum Gasteiger partial charge on any atom is -0.480 e. The van der Waals surface area contributed by atoms with Gasteiger partial charge in [0.1, 0.15) is 0 Å². The Bertz CT molecular complexity index is 695. The third kappa shape index (κ3) is 3.87. The van der Waals surface area contributed by atoms with Crippen LogP contribution in [-0.4, -0.2) is 59.8 Å². The number of fused-ring (bicyclic) bond motifs is 1. The number of amides is 1. The highest BCUT2D eigenvalue weighted by Gasteiger charge is 2.62. The Balaban J connectivity index is 1.25. The van der Waals surface area contributed by atoms with Gasteiger partial charge in [-0.1, -0.05) is 30.3 Å². The van der Waals surface area contributed by atoms with Crippen molar-refractivity contribution in [2.24, 2.45) is 11.8 Å². The Hall–Kier alpha value is -1.92. The van der Waals surface area contributed by atoms with Crippen LogP contribution in [0, 0.1) is 11.8 Å². The van der Waals surface area contributed by atoms with Crippen molar-refractivity contribution in [2.75, 3.05) is 26.2 Å². The first-order chi connectivity index (χ1) is 13.1. The molecule has 3 saturated heterocycles. The van der Waals surface area contributed by atoms with Crippen LogP contribution in [0.5, 0.6) is 0 Å². The van der Waals surface area contributed by atoms with E-state index >= 15 is 0 Å². The standard InChI is InChI=1S/C21H28N2O4/c24-19(8-4-7-15-5-2-1-3-6-15)22-11-16-17-12-23(13-20(25)26)14-21(17)10-9-18(16)27-21/h1-3,5-6,16-18H,4,7-14H2,(H,22,24)(H,25,26)/t16-,17+,18+,21+/m0/s1. The normalized spacial score (nSPS) is 31.8. The van der Waals surface area contributed by atoms with E-state index in [-0.39, 0.29) is 24.2 Å². The van der Waals surface area contributed by atoms with Crippen molar-refractivity contribution in [2.45, 2.75) is 43.8 Å². The molecule has 4 rings (SSSR count). The maximum atomic E-state index is 12.3. The first kappa shape index (κ1) is 18.4. The molecule has 27 heavy (non-hydrogen) atoms. The first-order valence-corrected chi connectivity index (χ1v) is 9.98. The maximum Gasteiger partial charge on any atom is 0.317 e. The maximum absolute atomic E-state index is 12.3. The summed E-state index contributed by atoms with van der Waals surface area (Å²) in [6.45, 7) is 2.19. The molecule has 0 aliphatic carbocycles. The minimum absolute atomic E-state index is 0.0742. The van der Waals surface area contributed by atoms with E-state index in [2.05, 4.69) is 17.4 Å². The number of carbonyl (C=O) groups is 2. The SMILES string of the molecule is O=C(O)CN1C[C@@H]2[C@H](CNC(=O)CCCc3ccccc3)[C@H]3CC[C@]2(C1)O3. The summed E-state index contributed by atoms with van der Waals surface area (Å²) in [7, 11) is 0. The fraction of sp³-hybridized carbons (Fsp3) is 0.619. The second-order valence-corrected chi connectivity index (χ2v) is 8.24. The number of aliphatic carboxylic acids is 1. The Labute approximate surface area is 159 Å². The molecule has 2 bridgehead atoms. The van der Waals surface area contributed by atoms with Crippen molar-refractivity contribution in [3.05, 3.63) is 35.9 Å². The Morgan fingerprint density at radius 2 is 2.11 bits per heavy atom. The highest BCUT2D eigenvalue weighted by Crippen LogP contribution is 2.54. The third-order valence-corrected chi connectivity index (χ3v) is 6.46. The largest absolute Gasteiger partial charge is 0.480 e. The van der Waals surface area contributed by atoms with Gasteiger partial charge in [0, 0.05) is 37.9 Å². The first-order valence-electron chi connectivity index (χ1n) is 9.98. The van der Waals surface area contributed by atoms with Crippen molar-refractivity contribution in [1.29, 1.82) is 0 Å². The molecule has 1 amide bonds. The van der Waals surface area contributed by atoms with Crippen LogP contribution in [0.2, 0.25) is 0 Å². The van der Waals surface area contributed by atoms with Gasteiger partial charge in [-0.05, 0) is 31.2 Å². The molecular weight excluding hydrogens is 344 g/mol. The molecule has 3 heterocycles. The van der Waals surface area contributed by atoms with Crippen LogP contribution in [0.1, 0.15) is 31.2 Å². The van der Waals surface area contributed by atoms with Crippen molar-refractivity contribution in [1.82, 2.24) is 10.2 Å². The monoisotopic (exact) mass is 372 g/mol. The topological polar surface area (TPSA) is 78.9 Å². The van der Waals surface area contributed by atoms with E-state index in [1.54, 1.807) is 0 Å². The van der Waals surface area contributed by atoms with E-state index in [0.29, 0.717) is 31.3 Å². The van der Waals surface area contributed by atoms with Crippen LogP contribution in [0.4, 0.5) is 0 Å². The zero-order valence-corrected chi connectivity index (χ0v) is 15.6. The van der Waals surface area contributed by atoms with Crippen molar-refractivity contribution in [3.8, 4) is 0 Å². The van der Waals surface area contributed by atoms with Gasteiger partial charge in [-0.2, -0.15) is 0 Å². The summed E-state index contributed by atoms with van der Waals surface area (Å²) in [5, 5.41) is 12.2. The molecule has 3 aliphatic heterocycles. The van der Waals surface area contributed by atoms with E-state index in [1.807, 2.05) is 23.1 Å². The molecule has 1 aromatic carbocycles. The average molecular weight is 372 g/mol. The summed E-state index contributed by atoms with van der Waals surface area (Å²) in [4.78, 5) is 25.3. The van der Waals surface area contributed by atoms with Gasteiger partial charge in [0.15, 0.2) is 0 Å². The van der Waals surface area contributed by atoms with Gasteiger partial charge < -0.3 is 15.2 Å². The molecule has 0 aromatic heterocycles. The summed E-state index contributed by atoms with van der Waals surface area (Å²) in [6.07, 6.45) is 4.55. The predicted octanol–water partition coefficient (Wildman–Crippen LogP) is 1.69. The van der Waals surface area contributed by atoms with Crippen LogP contribution in [0.25, 0.3) is 0 Å². The number of benzene rings is 1. The Morgan fingerprint density at radius 1 is 1.30 bits per heavy atom. The number of carbonyl (C=O) groups excluding carboxylic acids is 1. The summed E-state index contributed by atoms with van der Waals surface area (Å²) in [6, 6.07) is 10.2. The fourth-order valence-electron chi connectivity index (χ4n) is 5.29. The second kappa shape index (κ2) is 7.60. The van der Waals surface area contributed by atoms with Gasteiger partial charge in [0.25, 0.3) is 0 Å². The second-order valence-electron chi connectivity index (χ2n) is 8.24. The lowest BCUT2D eigenvalue weighted by Crippen LogP contribution is -2.41. The number of aryl methyl sites for hydroxylation is 1. The van der Waals surface area contributed by atoms with Crippen molar-refractivity contribution < 1.29 is 19.4 Å². The smallest absolute Gasteiger partial charge is 0.317 e. The fourth-order valence-corrected chi connectivity index (χ4v) is 5.29. The molecule has 1 aromatic rings. The number of likely N-dealkylation sites (tertiary alicyclic amines) is 1. The lowest BCUT2D eigenvalue weighted by Gasteiger charge is -2.29. The number of nitrogens with one attached hydrogen (secondary N) is 1. The van der Waals surface area contributed by atoms with Crippen LogP contribution in [0.3, 0.4) is 0 Å². The predicted molar refractivity (Wildman–Crippen MR) is 100 cm³/mol. The zero-order valence-electron chi connectivity index (χ0n) is 15.6. The van der Waals surface area contributed by atoms with Gasteiger partial charge in [-0.25, -0.2) is 0 Å². The molecule has 0 unspecified atom stereocenters. The number of hydrogen-bond donors (Lipinski definition) is 2. The lowest BCUT2D eigenvalue weighted by atomic mass is 9.73. The van der Waals surface area contributed by atoms with E-state index in [1.165, 1.54) is 5.56 Å². The summed E-state index contributed by atoms with van der Waals surface area (Å²) in [5.41, 5.74) is 1.08. The highest BCUT2D eigenvalue weighted by atomic mass is 16.5. The molecule has 3 fully saturated rings. The molecule has 4 atom stereocenters. The molecule has 6 nitrogen and oxygen atoms in total. The molecule has 0 radical (unpaired) electrons. The number of carboxylic acid groups (broad SMARTS) is 1. The number of hydrogen-bond acceptors (Lipinski definition) is 4. The molecule has 2 N–H and O–H groups in total. The van der Waals surface area contributed by atoms with Crippen LogP contribution in [-0.2, 0) is 20.7 Å². The number of rotatable bonds is 8. The minimum atomic E-state index is -0.788. The van der Waals surface area contributed by atoms with Gasteiger partial charge in [0.2, 0.25) is 5.91 Å².